The van der Waals surface area contributed by atoms with E-state index >= 15 is 0 Å². The summed E-state index contributed by atoms with van der Waals surface area (Å²) in [5.41, 5.74) is 21.4. The second kappa shape index (κ2) is 19.8. The molecule has 0 N–H and O–H groups in total. The van der Waals surface area contributed by atoms with E-state index in [-0.39, 0.29) is 12.0 Å². The monoisotopic (exact) mass is 1090 g/mol. The first-order valence-electron chi connectivity index (χ1n) is 29.1. The van der Waals surface area contributed by atoms with Crippen LogP contribution >= 0.6 is 0 Å². The molecule has 13 aromatic carbocycles. The summed E-state index contributed by atoms with van der Waals surface area (Å²) in [6, 6.07) is 106. The van der Waals surface area contributed by atoms with Gasteiger partial charge >= 0.3 is 0 Å². The smallest absolute Gasteiger partial charge is 0.159 e. The van der Waals surface area contributed by atoms with E-state index in [1.807, 2.05) is 0 Å². The number of para-hydroxylation sites is 6. The van der Waals surface area contributed by atoms with Crippen molar-refractivity contribution in [3.63, 3.8) is 0 Å². The maximum absolute atomic E-state index is 7.59. The molecule has 1 aliphatic carbocycles. The van der Waals surface area contributed by atoms with Crippen molar-refractivity contribution in [1.82, 2.24) is 0 Å². The van der Waals surface area contributed by atoms with Gasteiger partial charge in [-0.25, -0.2) is 0 Å². The molecule has 0 spiro atoms. The summed E-state index contributed by atoms with van der Waals surface area (Å²) in [6.07, 6.45) is 2.15. The Labute approximate surface area is 491 Å². The van der Waals surface area contributed by atoms with Gasteiger partial charge in [0, 0.05) is 77.9 Å². The molecule has 5 heteroatoms. The Hall–Kier alpha value is -11.1. The van der Waals surface area contributed by atoms with Crippen molar-refractivity contribution in [3.05, 3.63) is 320 Å². The minimum absolute atomic E-state index is 0.190. The van der Waals surface area contributed by atoms with Crippen molar-refractivity contribution in [2.45, 2.75) is 12.0 Å². The van der Waals surface area contributed by atoms with Gasteiger partial charge in [0.15, 0.2) is 11.2 Å². The average molecular weight is 1090 g/mol. The maximum atomic E-state index is 7.59. The van der Waals surface area contributed by atoms with Gasteiger partial charge in [0.25, 0.3) is 0 Å². The summed E-state index contributed by atoms with van der Waals surface area (Å²) >= 11 is 0. The zero-order valence-corrected chi connectivity index (χ0v) is 46.1. The Morgan fingerprint density at radius 3 is 1.19 bits per heavy atom. The Morgan fingerprint density at radius 2 is 0.647 bits per heavy atom. The SMILES string of the molecule is C1=C(N(c2ccccc2-c2ccccc2)c2cccc3c2oc2c(-c4ccccc4)cccc23)c2ccccc2C2Oc3cc(N(c4ccccc4-c4ccccc4)c4cccc5c4oc4c(-c6ccccc6)cccc45)c4ccccc4c3C12. The molecule has 0 bridgehead atoms. The summed E-state index contributed by atoms with van der Waals surface area (Å²) in [5.74, 6) is 0.649. The molecule has 0 radical (unpaired) electrons. The number of ether oxygens (including phenoxy) is 1. The van der Waals surface area contributed by atoms with E-state index in [4.69, 9.17) is 13.6 Å². The molecule has 0 fully saturated rings. The van der Waals surface area contributed by atoms with E-state index < -0.39 is 0 Å². The van der Waals surface area contributed by atoms with Gasteiger partial charge < -0.3 is 23.4 Å². The van der Waals surface area contributed by atoms with Crippen LogP contribution in [0.25, 0.3) is 105 Å². The van der Waals surface area contributed by atoms with E-state index in [0.29, 0.717) is 0 Å². The Kier molecular flexibility index (Phi) is 11.3. The van der Waals surface area contributed by atoms with Gasteiger partial charge in [-0.1, -0.05) is 267 Å². The van der Waals surface area contributed by atoms with Crippen molar-refractivity contribution in [2.24, 2.45) is 0 Å². The summed E-state index contributed by atoms with van der Waals surface area (Å²) in [5, 5.41) is 6.44. The number of benzene rings is 13. The number of fused-ring (bicyclic) bond motifs is 13. The molecule has 2 unspecified atom stereocenters. The van der Waals surface area contributed by atoms with Crippen LogP contribution in [0, 0.1) is 0 Å². The predicted molar refractivity (Wildman–Crippen MR) is 350 cm³/mol. The normalized spacial score (nSPS) is 14.3. The van der Waals surface area contributed by atoms with Crippen LogP contribution in [0.15, 0.2) is 312 Å². The van der Waals surface area contributed by atoms with E-state index in [2.05, 4.69) is 313 Å². The van der Waals surface area contributed by atoms with Gasteiger partial charge in [0.1, 0.15) is 23.0 Å². The Bertz CT molecular complexity index is 5120. The molecule has 15 aromatic rings. The van der Waals surface area contributed by atoms with Crippen molar-refractivity contribution >= 4 is 88.8 Å². The van der Waals surface area contributed by atoms with Gasteiger partial charge in [0.05, 0.1) is 34.1 Å². The third-order valence-corrected chi connectivity index (χ3v) is 17.4. The average Bonchev–Trinajstić information content (AvgIpc) is 3.93. The number of anilines is 5. The summed E-state index contributed by atoms with van der Waals surface area (Å²) in [7, 11) is 0. The largest absolute Gasteiger partial charge is 0.484 e. The second-order valence-electron chi connectivity index (χ2n) is 22.1. The third-order valence-electron chi connectivity index (χ3n) is 17.4. The van der Waals surface area contributed by atoms with E-state index in [1.165, 1.54) is 0 Å². The van der Waals surface area contributed by atoms with Gasteiger partial charge in [-0.2, -0.15) is 0 Å². The molecule has 5 nitrogen and oxygen atoms in total. The fourth-order valence-electron chi connectivity index (χ4n) is 13.7. The highest BCUT2D eigenvalue weighted by molar-refractivity contribution is 6.17. The molecule has 2 aromatic heterocycles. The zero-order valence-electron chi connectivity index (χ0n) is 46.1. The molecule has 0 amide bonds. The Morgan fingerprint density at radius 1 is 0.271 bits per heavy atom. The molecule has 400 valence electrons. The summed E-state index contributed by atoms with van der Waals surface area (Å²) < 4.78 is 22.2. The molecule has 0 saturated heterocycles. The predicted octanol–water partition coefficient (Wildman–Crippen LogP) is 22.2. The molecule has 2 atom stereocenters. The number of furan rings is 2. The number of hydrogen-bond donors (Lipinski definition) is 0. The molecular weight excluding hydrogens is 1040 g/mol. The first-order valence-corrected chi connectivity index (χ1v) is 29.1. The second-order valence-corrected chi connectivity index (χ2v) is 22.1. The van der Waals surface area contributed by atoms with Gasteiger partial charge in [-0.05, 0) is 58.0 Å². The zero-order chi connectivity index (χ0) is 56.0. The standard InChI is InChI=1S/C80H52N2O3/c1-5-25-51(26-6-1)55-33-17-19-45-68(55)81(70-47-23-43-65-63-41-21-39-57(76(63)84-79(65)70)53-29-9-3-10-30-53)72-49-67-75-61-37-15-13-35-59(61)73(50-74(75)83-78(67)62-38-16-14-36-60(62)72)82(69-46-20-18-34-56(69)52-27-7-2-8-28-52)71-48-24-44-66-64-42-22-40-58(77(64)85-80(66)71)54-31-11-4-12-32-54/h1-50,67,78H. The minimum atomic E-state index is -0.324. The third kappa shape index (κ3) is 7.78. The summed E-state index contributed by atoms with van der Waals surface area (Å²) in [4.78, 5) is 4.87. The number of nitrogens with zero attached hydrogens (tertiary/aromatic N) is 2. The van der Waals surface area contributed by atoms with Crippen molar-refractivity contribution in [2.75, 3.05) is 9.80 Å². The lowest BCUT2D eigenvalue weighted by molar-refractivity contribution is 0.223. The van der Waals surface area contributed by atoms with Gasteiger partial charge in [-0.3, -0.25) is 0 Å². The fraction of sp³-hybridized carbons (Fsp3) is 0.0250. The molecular formula is C80H52N2O3. The van der Waals surface area contributed by atoms with Crippen LogP contribution < -0.4 is 14.5 Å². The van der Waals surface area contributed by atoms with Crippen LogP contribution in [0.5, 0.6) is 5.75 Å². The lowest BCUT2D eigenvalue weighted by Gasteiger charge is -2.35. The van der Waals surface area contributed by atoms with Gasteiger partial charge in [0.2, 0.25) is 0 Å². The van der Waals surface area contributed by atoms with Crippen LogP contribution in [-0.4, -0.2) is 0 Å². The van der Waals surface area contributed by atoms with Crippen LogP contribution in [0.3, 0.4) is 0 Å². The summed E-state index contributed by atoms with van der Waals surface area (Å²) in [6.45, 7) is 0. The fourth-order valence-corrected chi connectivity index (χ4v) is 13.7. The molecule has 2 aliphatic rings. The lowest BCUT2D eigenvalue weighted by Crippen LogP contribution is -2.24. The minimum Gasteiger partial charge on any atom is -0.484 e. The molecule has 0 saturated carbocycles. The molecule has 85 heavy (non-hydrogen) atoms. The topological polar surface area (TPSA) is 42.0 Å². The van der Waals surface area contributed by atoms with Crippen molar-refractivity contribution < 1.29 is 13.6 Å². The highest BCUT2D eigenvalue weighted by Crippen LogP contribution is 2.59. The van der Waals surface area contributed by atoms with Crippen LogP contribution in [0.4, 0.5) is 28.4 Å². The molecule has 3 heterocycles. The van der Waals surface area contributed by atoms with E-state index in [9.17, 15) is 0 Å². The number of rotatable bonds is 10. The molecule has 17 rings (SSSR count). The van der Waals surface area contributed by atoms with Crippen LogP contribution in [-0.2, 0) is 0 Å². The first kappa shape index (κ1) is 48.6. The van der Waals surface area contributed by atoms with Gasteiger partial charge in [-0.15, -0.1) is 0 Å². The van der Waals surface area contributed by atoms with Crippen molar-refractivity contribution in [3.8, 4) is 50.3 Å². The first-order chi connectivity index (χ1) is 42.2. The highest BCUT2D eigenvalue weighted by atomic mass is 16.5. The highest BCUT2D eigenvalue weighted by Gasteiger charge is 2.43. The quantitative estimate of drug-likeness (QED) is 0.137. The Balaban J connectivity index is 0.907. The van der Waals surface area contributed by atoms with E-state index in [1.54, 1.807) is 0 Å². The maximum Gasteiger partial charge on any atom is 0.159 e. The molecule has 1 aliphatic heterocycles. The van der Waals surface area contributed by atoms with Crippen molar-refractivity contribution in [1.29, 1.82) is 0 Å². The van der Waals surface area contributed by atoms with E-state index in [0.717, 1.165) is 156 Å². The number of hydrogen-bond acceptors (Lipinski definition) is 5. The lowest BCUT2D eigenvalue weighted by atomic mass is 9.80. The van der Waals surface area contributed by atoms with Crippen LogP contribution in [0.2, 0.25) is 0 Å². The van der Waals surface area contributed by atoms with Crippen LogP contribution in [0.1, 0.15) is 28.7 Å².